The van der Waals surface area contributed by atoms with Gasteiger partial charge in [0.2, 0.25) is 10.0 Å². The van der Waals surface area contributed by atoms with Crippen molar-refractivity contribution in [2.45, 2.75) is 31.2 Å². The molecule has 1 aromatic rings. The number of hydrogen-bond donors (Lipinski definition) is 1. The van der Waals surface area contributed by atoms with Gasteiger partial charge < -0.3 is 4.74 Å². The number of ether oxygens (including phenoxy) is 1. The van der Waals surface area contributed by atoms with Crippen molar-refractivity contribution in [3.05, 3.63) is 34.3 Å². The summed E-state index contributed by atoms with van der Waals surface area (Å²) in [5.41, 5.74) is 0.938. The fraction of sp³-hybridized carbons (Fsp3) is 0.500. The second-order valence-corrected chi connectivity index (χ2v) is 7.30. The van der Waals surface area contributed by atoms with Crippen LogP contribution in [0.25, 0.3) is 0 Å². The summed E-state index contributed by atoms with van der Waals surface area (Å²) in [6.07, 6.45) is 0.337. The van der Waals surface area contributed by atoms with Crippen molar-refractivity contribution in [3.63, 3.8) is 0 Å². The first-order valence-electron chi connectivity index (χ1n) is 5.83. The van der Waals surface area contributed by atoms with Crippen LogP contribution >= 0.6 is 15.9 Å². The molecule has 1 N–H and O–H groups in total. The van der Waals surface area contributed by atoms with Crippen molar-refractivity contribution in [1.29, 1.82) is 0 Å². The Morgan fingerprint density at radius 2 is 2.06 bits per heavy atom. The summed E-state index contributed by atoms with van der Waals surface area (Å²) < 4.78 is 33.1. The van der Waals surface area contributed by atoms with Gasteiger partial charge >= 0.3 is 0 Å². The van der Waals surface area contributed by atoms with Crippen LogP contribution in [0.2, 0.25) is 0 Å². The maximum Gasteiger partial charge on any atom is 0.217 e. The lowest BCUT2D eigenvalue weighted by Crippen LogP contribution is -2.37. The fourth-order valence-corrected chi connectivity index (χ4v) is 3.85. The van der Waals surface area contributed by atoms with E-state index in [4.69, 9.17) is 4.74 Å². The highest BCUT2D eigenvalue weighted by Crippen LogP contribution is 2.20. The standard InChI is InChI=1S/C12H16BrNO3S/c1-9-12(6-7-17-9)18(15,16)14-8-10-2-4-11(13)5-3-10/h2-5,9,12,14H,6-8H2,1H3. The molecule has 0 bridgehead atoms. The highest BCUT2D eigenvalue weighted by atomic mass is 79.9. The van der Waals surface area contributed by atoms with Crippen molar-refractivity contribution < 1.29 is 13.2 Å². The molecule has 0 aliphatic carbocycles. The average molecular weight is 334 g/mol. The van der Waals surface area contributed by atoms with E-state index in [1.165, 1.54) is 0 Å². The average Bonchev–Trinajstić information content (AvgIpc) is 2.76. The molecule has 1 aliphatic rings. The predicted octanol–water partition coefficient (Wildman–Crippen LogP) is 2.05. The van der Waals surface area contributed by atoms with Gasteiger partial charge in [-0.05, 0) is 31.0 Å². The molecular formula is C12H16BrNO3S. The fourth-order valence-electron chi connectivity index (χ4n) is 2.01. The minimum Gasteiger partial charge on any atom is -0.377 e. The van der Waals surface area contributed by atoms with E-state index >= 15 is 0 Å². The smallest absolute Gasteiger partial charge is 0.217 e. The van der Waals surface area contributed by atoms with Gasteiger partial charge in [-0.1, -0.05) is 28.1 Å². The third kappa shape index (κ3) is 3.32. The van der Waals surface area contributed by atoms with E-state index in [0.717, 1.165) is 10.0 Å². The van der Waals surface area contributed by atoms with Gasteiger partial charge in [-0.2, -0.15) is 0 Å². The van der Waals surface area contributed by atoms with Crippen LogP contribution in [0.1, 0.15) is 18.9 Å². The van der Waals surface area contributed by atoms with Crippen molar-refractivity contribution >= 4 is 26.0 Å². The highest BCUT2D eigenvalue weighted by molar-refractivity contribution is 9.10. The van der Waals surface area contributed by atoms with Gasteiger partial charge in [0.15, 0.2) is 0 Å². The molecule has 1 fully saturated rings. The molecule has 0 aromatic heterocycles. The summed E-state index contributed by atoms with van der Waals surface area (Å²) in [4.78, 5) is 0. The van der Waals surface area contributed by atoms with Crippen LogP contribution in [0.5, 0.6) is 0 Å². The zero-order valence-corrected chi connectivity index (χ0v) is 12.5. The van der Waals surface area contributed by atoms with Crippen LogP contribution in [-0.2, 0) is 21.3 Å². The molecule has 6 heteroatoms. The van der Waals surface area contributed by atoms with E-state index < -0.39 is 15.3 Å². The minimum atomic E-state index is -3.30. The lowest BCUT2D eigenvalue weighted by Gasteiger charge is -2.15. The molecule has 0 amide bonds. The molecule has 2 atom stereocenters. The Labute approximate surface area is 116 Å². The largest absolute Gasteiger partial charge is 0.377 e. The number of halogens is 1. The first kappa shape index (κ1) is 14.0. The van der Waals surface area contributed by atoms with Crippen LogP contribution in [0.15, 0.2) is 28.7 Å². The molecule has 0 radical (unpaired) electrons. The van der Waals surface area contributed by atoms with Crippen LogP contribution in [-0.4, -0.2) is 26.4 Å². The van der Waals surface area contributed by atoms with E-state index in [-0.39, 0.29) is 6.10 Å². The third-order valence-corrected chi connectivity index (χ3v) is 5.59. The molecule has 2 rings (SSSR count). The zero-order chi connectivity index (χ0) is 13.2. The molecule has 0 saturated carbocycles. The molecule has 2 unspecified atom stereocenters. The van der Waals surface area contributed by atoms with E-state index in [2.05, 4.69) is 20.7 Å². The Balaban J connectivity index is 1.98. The van der Waals surface area contributed by atoms with Crippen LogP contribution < -0.4 is 4.72 Å². The first-order chi connectivity index (χ1) is 8.49. The summed E-state index contributed by atoms with van der Waals surface area (Å²) in [6.45, 7) is 2.64. The van der Waals surface area contributed by atoms with Crippen molar-refractivity contribution in [3.8, 4) is 0 Å². The second-order valence-electron chi connectivity index (χ2n) is 4.40. The Bertz CT molecular complexity index is 501. The van der Waals surface area contributed by atoms with Gasteiger partial charge in [0.25, 0.3) is 0 Å². The van der Waals surface area contributed by atoms with Gasteiger partial charge in [0.1, 0.15) is 5.25 Å². The second kappa shape index (κ2) is 5.69. The number of nitrogens with one attached hydrogen (secondary N) is 1. The van der Waals surface area contributed by atoms with Gasteiger partial charge in [0, 0.05) is 17.6 Å². The predicted molar refractivity (Wildman–Crippen MR) is 73.7 cm³/mol. The van der Waals surface area contributed by atoms with Crippen molar-refractivity contribution in [2.75, 3.05) is 6.61 Å². The maximum absolute atomic E-state index is 12.1. The highest BCUT2D eigenvalue weighted by Gasteiger charge is 2.35. The summed E-state index contributed by atoms with van der Waals surface area (Å²) in [6, 6.07) is 7.57. The Hall–Kier alpha value is -0.430. The Morgan fingerprint density at radius 1 is 1.39 bits per heavy atom. The Kier molecular flexibility index (Phi) is 4.42. The van der Waals surface area contributed by atoms with Crippen LogP contribution in [0.4, 0.5) is 0 Å². The summed E-state index contributed by atoms with van der Waals surface area (Å²) in [5.74, 6) is 0. The number of sulfonamides is 1. The molecule has 18 heavy (non-hydrogen) atoms. The topological polar surface area (TPSA) is 55.4 Å². The third-order valence-electron chi connectivity index (χ3n) is 3.10. The van der Waals surface area contributed by atoms with Gasteiger partial charge in [-0.15, -0.1) is 0 Å². The van der Waals surface area contributed by atoms with Crippen LogP contribution in [0, 0.1) is 0 Å². The molecule has 1 saturated heterocycles. The van der Waals surface area contributed by atoms with E-state index in [1.807, 2.05) is 24.3 Å². The molecular weight excluding hydrogens is 318 g/mol. The molecule has 4 nitrogen and oxygen atoms in total. The minimum absolute atomic E-state index is 0.229. The van der Waals surface area contributed by atoms with E-state index in [1.54, 1.807) is 6.92 Å². The van der Waals surface area contributed by atoms with E-state index in [0.29, 0.717) is 19.6 Å². The molecule has 100 valence electrons. The first-order valence-corrected chi connectivity index (χ1v) is 8.17. The molecule has 1 aromatic carbocycles. The van der Waals surface area contributed by atoms with Crippen molar-refractivity contribution in [2.24, 2.45) is 0 Å². The van der Waals surface area contributed by atoms with Gasteiger partial charge in [-0.25, -0.2) is 13.1 Å². The quantitative estimate of drug-likeness (QED) is 0.917. The maximum atomic E-state index is 12.1. The molecule has 0 spiro atoms. The lowest BCUT2D eigenvalue weighted by atomic mass is 10.2. The number of rotatable bonds is 4. The van der Waals surface area contributed by atoms with Gasteiger partial charge in [0.05, 0.1) is 6.10 Å². The zero-order valence-electron chi connectivity index (χ0n) is 10.1. The molecule has 1 aliphatic heterocycles. The lowest BCUT2D eigenvalue weighted by molar-refractivity contribution is 0.126. The Morgan fingerprint density at radius 3 is 2.61 bits per heavy atom. The van der Waals surface area contributed by atoms with Gasteiger partial charge in [-0.3, -0.25) is 0 Å². The SMILES string of the molecule is CC1OCCC1S(=O)(=O)NCc1ccc(Br)cc1. The normalized spacial score (nSPS) is 24.3. The van der Waals surface area contributed by atoms with E-state index in [9.17, 15) is 8.42 Å². The number of hydrogen-bond acceptors (Lipinski definition) is 3. The monoisotopic (exact) mass is 333 g/mol. The molecule has 1 heterocycles. The number of benzene rings is 1. The summed E-state index contributed by atoms with van der Waals surface area (Å²) in [5, 5.41) is -0.437. The summed E-state index contributed by atoms with van der Waals surface area (Å²) >= 11 is 3.34. The van der Waals surface area contributed by atoms with Crippen molar-refractivity contribution in [1.82, 2.24) is 4.72 Å². The summed E-state index contributed by atoms with van der Waals surface area (Å²) in [7, 11) is -3.30. The van der Waals surface area contributed by atoms with Crippen LogP contribution in [0.3, 0.4) is 0 Å².